The van der Waals surface area contributed by atoms with Gasteiger partial charge in [0.15, 0.2) is 13.1 Å². The van der Waals surface area contributed by atoms with Gasteiger partial charge in [-0.2, -0.15) is 4.58 Å². The quantitative estimate of drug-likeness (QED) is 0.562. The Labute approximate surface area is 188 Å². The van der Waals surface area contributed by atoms with Crippen LogP contribution in [0.4, 0.5) is 16.3 Å². The normalized spacial score (nSPS) is 21.1. The summed E-state index contributed by atoms with van der Waals surface area (Å²) in [6.45, 7) is 4.57. The van der Waals surface area contributed by atoms with Crippen molar-refractivity contribution < 1.29 is 14.5 Å². The first-order valence-electron chi connectivity index (χ1n) is 11.9. The van der Waals surface area contributed by atoms with Crippen molar-refractivity contribution >= 4 is 23.4 Å². The van der Waals surface area contributed by atoms with Crippen molar-refractivity contribution in [3.63, 3.8) is 0 Å². The molecule has 0 radical (unpaired) electrons. The maximum atomic E-state index is 11.9. The minimum Gasteiger partial charge on any atom is -0.460 e. The van der Waals surface area contributed by atoms with E-state index in [4.69, 9.17) is 4.98 Å². The molecule has 2 N–H and O–H groups in total. The highest BCUT2D eigenvalue weighted by molar-refractivity contribution is 5.95. The molecule has 2 amide bonds. The molecule has 4 fully saturated rings. The largest absolute Gasteiger partial charge is 0.460 e. The van der Waals surface area contributed by atoms with Crippen molar-refractivity contribution in [1.82, 2.24) is 10.3 Å². The zero-order chi connectivity index (χ0) is 21.7. The van der Waals surface area contributed by atoms with Crippen LogP contribution in [-0.2, 0) is 0 Å². The Morgan fingerprint density at radius 2 is 1.75 bits per heavy atom. The van der Waals surface area contributed by atoms with Gasteiger partial charge in [-0.25, -0.2) is 9.78 Å². The number of aliphatic hydroxyl groups excluding tert-OH is 1. The smallest absolute Gasteiger partial charge is 0.367 e. The van der Waals surface area contributed by atoms with E-state index in [1.165, 1.54) is 36.8 Å². The van der Waals surface area contributed by atoms with E-state index in [0.29, 0.717) is 24.9 Å². The molecule has 4 aliphatic rings. The molecule has 1 aromatic carbocycles. The van der Waals surface area contributed by atoms with Gasteiger partial charge >= 0.3 is 11.9 Å². The van der Waals surface area contributed by atoms with E-state index < -0.39 is 0 Å². The highest BCUT2D eigenvalue weighted by atomic mass is 16.3. The fraction of sp³-hybridized carbons (Fsp3) is 0.480. The molecule has 166 valence electrons. The molecule has 3 heterocycles. The third-order valence-corrected chi connectivity index (χ3v) is 7.15. The van der Waals surface area contributed by atoms with Crippen LogP contribution in [0.25, 0.3) is 0 Å². The van der Waals surface area contributed by atoms with E-state index in [0.717, 1.165) is 49.2 Å². The molecule has 6 rings (SSSR count). The standard InChI is InChI=1S/C25H29N5O2/c31-24(19-5-7-21(8-6-19)30-10-9-26-25(30)32)29-13-11-28(12-14-29)23-22(18-3-4-18)15-20(16-27-23)17-1-2-17/h5-8,15-18H,1-4,9-14H2,(H,26,32)/p+1. The third kappa shape index (κ3) is 3.70. The molecule has 7 nitrogen and oxygen atoms in total. The summed E-state index contributed by atoms with van der Waals surface area (Å²) in [4.78, 5) is 20.9. The second-order valence-electron chi connectivity index (χ2n) is 9.46. The monoisotopic (exact) mass is 432 g/mol. The summed E-state index contributed by atoms with van der Waals surface area (Å²) >= 11 is 0. The molecular weight excluding hydrogens is 402 g/mol. The Balaban J connectivity index is 1.16. The maximum Gasteiger partial charge on any atom is 0.367 e. The van der Waals surface area contributed by atoms with Crippen molar-refractivity contribution in [2.24, 2.45) is 0 Å². The second kappa shape index (κ2) is 7.80. The Morgan fingerprint density at radius 3 is 2.38 bits per heavy atom. The van der Waals surface area contributed by atoms with Gasteiger partial charge in [-0.1, -0.05) is 6.07 Å². The molecule has 2 saturated carbocycles. The lowest BCUT2D eigenvalue weighted by atomic mass is 10.1. The van der Waals surface area contributed by atoms with Crippen molar-refractivity contribution in [2.45, 2.75) is 37.5 Å². The van der Waals surface area contributed by atoms with Crippen molar-refractivity contribution in [2.75, 3.05) is 49.1 Å². The number of anilines is 2. The molecule has 32 heavy (non-hydrogen) atoms. The van der Waals surface area contributed by atoms with Crippen LogP contribution < -0.4 is 15.1 Å². The lowest BCUT2D eigenvalue weighted by Gasteiger charge is -2.28. The summed E-state index contributed by atoms with van der Waals surface area (Å²) in [5.74, 6) is 2.89. The predicted octanol–water partition coefficient (Wildman–Crippen LogP) is 3.20. The highest BCUT2D eigenvalue weighted by Gasteiger charge is 2.33. The SMILES string of the molecule is O=C1NCCN1c1ccc(C(O)=[N+]2CCN(c3ncc(C4CC4)cc3C3CC3)CC2)cc1. The number of aromatic nitrogens is 1. The minimum absolute atomic E-state index is 0.0635. The molecular formula is C25H30N5O2+. The zero-order valence-corrected chi connectivity index (χ0v) is 18.3. The van der Waals surface area contributed by atoms with Crippen molar-refractivity contribution in [3.8, 4) is 0 Å². The molecule has 2 aromatic rings. The number of aliphatic hydroxyl groups is 1. The van der Waals surface area contributed by atoms with Crippen LogP contribution in [0.2, 0.25) is 0 Å². The Hall–Kier alpha value is -3.09. The fourth-order valence-corrected chi connectivity index (χ4v) is 4.91. The number of carbonyl (C=O) groups excluding carboxylic acids is 1. The molecule has 2 aliphatic carbocycles. The zero-order valence-electron chi connectivity index (χ0n) is 18.3. The molecule has 0 spiro atoms. The Kier molecular flexibility index (Phi) is 4.77. The molecule has 0 bridgehead atoms. The summed E-state index contributed by atoms with van der Waals surface area (Å²) in [6.07, 6.45) is 7.28. The average molecular weight is 433 g/mol. The highest BCUT2D eigenvalue weighted by Crippen LogP contribution is 2.47. The van der Waals surface area contributed by atoms with Crippen LogP contribution in [-0.4, -0.2) is 65.9 Å². The van der Waals surface area contributed by atoms with Crippen molar-refractivity contribution in [1.29, 1.82) is 0 Å². The Bertz CT molecular complexity index is 1060. The van der Waals surface area contributed by atoms with E-state index in [1.807, 2.05) is 28.8 Å². The van der Waals surface area contributed by atoms with Crippen LogP contribution in [0.1, 0.15) is 54.2 Å². The van der Waals surface area contributed by atoms with Gasteiger partial charge in [0.2, 0.25) is 0 Å². The van der Waals surface area contributed by atoms with Crippen molar-refractivity contribution in [3.05, 3.63) is 53.2 Å². The number of nitrogens with one attached hydrogen (secondary N) is 1. The van der Waals surface area contributed by atoms with Gasteiger partial charge in [-0.05, 0) is 72.9 Å². The number of hydrogen-bond acceptors (Lipinski definition) is 3. The number of pyridine rings is 1. The molecule has 7 heteroatoms. The number of carbonyl (C=O) groups is 1. The summed E-state index contributed by atoms with van der Waals surface area (Å²) in [7, 11) is 0. The first-order chi connectivity index (χ1) is 15.7. The summed E-state index contributed by atoms with van der Waals surface area (Å²) in [5, 5.41) is 13.7. The molecule has 0 unspecified atom stereocenters. The number of piperazine rings is 1. The second-order valence-corrected chi connectivity index (χ2v) is 9.46. The summed E-state index contributed by atoms with van der Waals surface area (Å²) in [5.41, 5.74) is 4.51. The lowest BCUT2D eigenvalue weighted by Crippen LogP contribution is -2.45. The molecule has 0 atom stereocenters. The molecule has 2 saturated heterocycles. The number of rotatable bonds is 5. The number of benzene rings is 1. The summed E-state index contributed by atoms with van der Waals surface area (Å²) < 4.78 is 2.05. The van der Waals surface area contributed by atoms with Gasteiger partial charge in [0, 0.05) is 25.0 Å². The van der Waals surface area contributed by atoms with E-state index in [9.17, 15) is 9.90 Å². The number of hydrogen-bond donors (Lipinski definition) is 2. The fourth-order valence-electron chi connectivity index (χ4n) is 4.91. The number of urea groups is 1. The number of nitrogens with zero attached hydrogens (tertiary/aromatic N) is 4. The van der Waals surface area contributed by atoms with Crippen LogP contribution >= 0.6 is 0 Å². The average Bonchev–Trinajstić information content (AvgIpc) is 3.76. The first kappa shape index (κ1) is 19.6. The Morgan fingerprint density at radius 1 is 1.03 bits per heavy atom. The third-order valence-electron chi connectivity index (χ3n) is 7.15. The first-order valence-corrected chi connectivity index (χ1v) is 11.9. The van der Waals surface area contributed by atoms with Crippen LogP contribution in [0.15, 0.2) is 36.5 Å². The van der Waals surface area contributed by atoms with Crippen LogP contribution in [0.5, 0.6) is 0 Å². The van der Waals surface area contributed by atoms with E-state index in [2.05, 4.69) is 22.5 Å². The van der Waals surface area contributed by atoms with Gasteiger partial charge in [0.25, 0.3) is 0 Å². The van der Waals surface area contributed by atoms with Gasteiger partial charge in [-0.3, -0.25) is 4.90 Å². The van der Waals surface area contributed by atoms with Gasteiger partial charge < -0.3 is 15.3 Å². The maximum absolute atomic E-state index is 11.9. The van der Waals surface area contributed by atoms with Crippen LogP contribution in [0.3, 0.4) is 0 Å². The lowest BCUT2D eigenvalue weighted by molar-refractivity contribution is -0.536. The summed E-state index contributed by atoms with van der Waals surface area (Å²) in [6, 6.07) is 9.96. The van der Waals surface area contributed by atoms with E-state index in [1.54, 1.807) is 4.90 Å². The molecule has 1 aromatic heterocycles. The van der Waals surface area contributed by atoms with Crippen LogP contribution in [0, 0.1) is 0 Å². The minimum atomic E-state index is -0.0635. The topological polar surface area (TPSA) is 71.7 Å². The molecule has 2 aliphatic heterocycles. The number of amides is 2. The van der Waals surface area contributed by atoms with Gasteiger partial charge in [0.05, 0.1) is 18.7 Å². The van der Waals surface area contributed by atoms with Gasteiger partial charge in [-0.15, -0.1) is 0 Å². The van der Waals surface area contributed by atoms with E-state index in [-0.39, 0.29) is 6.03 Å². The predicted molar refractivity (Wildman–Crippen MR) is 124 cm³/mol. The van der Waals surface area contributed by atoms with E-state index >= 15 is 0 Å². The van der Waals surface area contributed by atoms with Gasteiger partial charge in [0.1, 0.15) is 5.82 Å².